The molecule has 0 radical (unpaired) electrons. The van der Waals surface area contributed by atoms with Crippen LogP contribution in [-0.2, 0) is 13.0 Å². The Bertz CT molecular complexity index is 955. The Balaban J connectivity index is 1.54. The number of rotatable bonds is 4. The zero-order valence-electron chi connectivity index (χ0n) is 17.2. The van der Waals surface area contributed by atoms with Crippen LogP contribution in [0.1, 0.15) is 72.3 Å². The lowest BCUT2D eigenvalue weighted by molar-refractivity contribution is 0.188. The molecule has 150 valence electrons. The Labute approximate surface area is 172 Å². The third-order valence-electron chi connectivity index (χ3n) is 6.60. The summed E-state index contributed by atoms with van der Waals surface area (Å²) in [6.07, 6.45) is 7.32. The van der Waals surface area contributed by atoms with Gasteiger partial charge in [0.25, 0.3) is 0 Å². The van der Waals surface area contributed by atoms with Crippen molar-refractivity contribution >= 4 is 0 Å². The minimum atomic E-state index is 0.0842. The number of nitrogens with zero attached hydrogens (tertiary/aromatic N) is 5. The summed E-state index contributed by atoms with van der Waals surface area (Å²) in [5.74, 6) is 1.00. The molecule has 29 heavy (non-hydrogen) atoms. The van der Waals surface area contributed by atoms with Gasteiger partial charge in [-0.25, -0.2) is 4.68 Å². The van der Waals surface area contributed by atoms with Crippen molar-refractivity contribution in [2.24, 2.45) is 0 Å². The summed E-state index contributed by atoms with van der Waals surface area (Å²) in [7, 11) is 0. The summed E-state index contributed by atoms with van der Waals surface area (Å²) in [4.78, 5) is 2.55. The fraction of sp³-hybridized carbons (Fsp3) is 0.458. The van der Waals surface area contributed by atoms with E-state index in [2.05, 4.69) is 80.6 Å². The van der Waals surface area contributed by atoms with Gasteiger partial charge >= 0.3 is 0 Å². The average Bonchev–Trinajstić information content (AvgIpc) is 3.25. The lowest BCUT2D eigenvalue weighted by Gasteiger charge is -2.36. The molecule has 1 saturated carbocycles. The van der Waals surface area contributed by atoms with E-state index in [1.807, 2.05) is 0 Å². The molecule has 1 atom stereocenters. The summed E-state index contributed by atoms with van der Waals surface area (Å²) < 4.78 is 2.14. The second-order valence-corrected chi connectivity index (χ2v) is 8.58. The molecule has 0 spiro atoms. The van der Waals surface area contributed by atoms with Gasteiger partial charge in [-0.3, -0.25) is 4.90 Å². The normalized spacial score (nSPS) is 19.1. The van der Waals surface area contributed by atoms with Crippen molar-refractivity contribution < 1.29 is 0 Å². The molecule has 5 heteroatoms. The molecular weight excluding hydrogens is 358 g/mol. The molecule has 2 aliphatic rings. The molecule has 1 aliphatic carbocycles. The van der Waals surface area contributed by atoms with Crippen LogP contribution in [0.3, 0.4) is 0 Å². The van der Waals surface area contributed by atoms with Crippen LogP contribution in [0, 0.1) is 6.92 Å². The summed E-state index contributed by atoms with van der Waals surface area (Å²) in [5.41, 5.74) is 5.45. The van der Waals surface area contributed by atoms with E-state index in [1.54, 1.807) is 0 Å². The first kappa shape index (κ1) is 18.5. The molecule has 5 nitrogen and oxygen atoms in total. The van der Waals surface area contributed by atoms with Gasteiger partial charge < -0.3 is 0 Å². The maximum Gasteiger partial charge on any atom is 0.173 e. The molecule has 5 rings (SSSR count). The smallest absolute Gasteiger partial charge is 0.173 e. The molecule has 0 saturated heterocycles. The van der Waals surface area contributed by atoms with E-state index in [0.29, 0.717) is 6.04 Å². The molecule has 0 bridgehead atoms. The third kappa shape index (κ3) is 3.71. The number of tetrazole rings is 1. The molecule has 1 fully saturated rings. The summed E-state index contributed by atoms with van der Waals surface area (Å²) >= 11 is 0. The second kappa shape index (κ2) is 8.07. The van der Waals surface area contributed by atoms with Crippen molar-refractivity contribution in [3.63, 3.8) is 0 Å². The largest absolute Gasteiger partial charge is 0.285 e. The van der Waals surface area contributed by atoms with Crippen LogP contribution in [0.4, 0.5) is 0 Å². The maximum atomic E-state index is 4.58. The molecule has 0 amide bonds. The van der Waals surface area contributed by atoms with Crippen LogP contribution < -0.4 is 0 Å². The number of aryl methyl sites for hydroxylation is 1. The van der Waals surface area contributed by atoms with E-state index < -0.39 is 0 Å². The first-order valence-corrected chi connectivity index (χ1v) is 10.9. The van der Waals surface area contributed by atoms with Gasteiger partial charge in [0, 0.05) is 13.1 Å². The monoisotopic (exact) mass is 387 g/mol. The van der Waals surface area contributed by atoms with Crippen LogP contribution in [0.15, 0.2) is 48.5 Å². The lowest BCUT2D eigenvalue weighted by Crippen LogP contribution is -2.36. The van der Waals surface area contributed by atoms with Gasteiger partial charge in [-0.15, -0.1) is 5.10 Å². The highest BCUT2D eigenvalue weighted by atomic mass is 15.6. The number of fused-ring (bicyclic) bond motifs is 1. The van der Waals surface area contributed by atoms with Crippen LogP contribution in [0.2, 0.25) is 0 Å². The zero-order chi connectivity index (χ0) is 19.6. The Morgan fingerprint density at radius 2 is 1.69 bits per heavy atom. The molecule has 2 heterocycles. The Morgan fingerprint density at radius 3 is 2.48 bits per heavy atom. The average molecular weight is 388 g/mol. The van der Waals surface area contributed by atoms with Crippen molar-refractivity contribution in [2.45, 2.75) is 64.1 Å². The number of hydrogen-bond acceptors (Lipinski definition) is 4. The SMILES string of the molecule is Cc1ccc(C(c2nnnn2C2CCCCC2)N2CCc3ccccc3C2)cc1. The summed E-state index contributed by atoms with van der Waals surface area (Å²) in [6, 6.07) is 18.2. The van der Waals surface area contributed by atoms with Crippen LogP contribution in [0.25, 0.3) is 0 Å². The summed E-state index contributed by atoms with van der Waals surface area (Å²) in [6.45, 7) is 4.10. The van der Waals surface area contributed by atoms with Crippen molar-refractivity contribution in [3.8, 4) is 0 Å². The zero-order valence-corrected chi connectivity index (χ0v) is 17.2. The minimum Gasteiger partial charge on any atom is -0.285 e. The molecule has 1 aromatic heterocycles. The van der Waals surface area contributed by atoms with Crippen molar-refractivity contribution in [1.29, 1.82) is 0 Å². The van der Waals surface area contributed by atoms with E-state index in [0.717, 1.165) is 25.3 Å². The van der Waals surface area contributed by atoms with Gasteiger partial charge in [0.15, 0.2) is 5.82 Å². The number of hydrogen-bond donors (Lipinski definition) is 0. The van der Waals surface area contributed by atoms with E-state index in [1.165, 1.54) is 54.4 Å². The van der Waals surface area contributed by atoms with Crippen LogP contribution >= 0.6 is 0 Å². The van der Waals surface area contributed by atoms with E-state index in [4.69, 9.17) is 0 Å². The highest BCUT2D eigenvalue weighted by Gasteiger charge is 2.32. The fourth-order valence-electron chi connectivity index (χ4n) is 4.98. The van der Waals surface area contributed by atoms with Gasteiger partial charge in [-0.1, -0.05) is 73.4 Å². The Kier molecular flexibility index (Phi) is 5.15. The van der Waals surface area contributed by atoms with Gasteiger partial charge in [-0.05, 0) is 53.3 Å². The van der Waals surface area contributed by atoms with Crippen LogP contribution in [-0.4, -0.2) is 31.7 Å². The number of benzene rings is 2. The molecule has 0 N–H and O–H groups in total. The van der Waals surface area contributed by atoms with Gasteiger partial charge in [0.1, 0.15) is 0 Å². The molecule has 1 aliphatic heterocycles. The van der Waals surface area contributed by atoms with Crippen LogP contribution in [0.5, 0.6) is 0 Å². The van der Waals surface area contributed by atoms with E-state index >= 15 is 0 Å². The first-order chi connectivity index (χ1) is 14.3. The number of aromatic nitrogens is 4. The Hall–Kier alpha value is -2.53. The standard InChI is InChI=1S/C24H29N5/c1-18-11-13-20(14-12-18)23(28-16-15-19-7-5-6-8-21(19)17-28)24-25-26-27-29(24)22-9-3-2-4-10-22/h5-8,11-14,22-23H,2-4,9-10,15-17H2,1H3. The topological polar surface area (TPSA) is 46.8 Å². The maximum absolute atomic E-state index is 4.58. The van der Waals surface area contributed by atoms with Crippen molar-refractivity contribution in [3.05, 3.63) is 76.6 Å². The second-order valence-electron chi connectivity index (χ2n) is 8.58. The predicted octanol–water partition coefficient (Wildman–Crippen LogP) is 4.63. The highest BCUT2D eigenvalue weighted by molar-refractivity contribution is 5.32. The first-order valence-electron chi connectivity index (χ1n) is 10.9. The quantitative estimate of drug-likeness (QED) is 0.655. The van der Waals surface area contributed by atoms with Gasteiger partial charge in [0.05, 0.1) is 12.1 Å². The van der Waals surface area contributed by atoms with E-state index in [9.17, 15) is 0 Å². The van der Waals surface area contributed by atoms with E-state index in [-0.39, 0.29) is 6.04 Å². The summed E-state index contributed by atoms with van der Waals surface area (Å²) in [5, 5.41) is 13.2. The van der Waals surface area contributed by atoms with Crippen molar-refractivity contribution in [2.75, 3.05) is 6.54 Å². The lowest BCUT2D eigenvalue weighted by atomic mass is 9.93. The predicted molar refractivity (Wildman–Crippen MR) is 114 cm³/mol. The fourth-order valence-corrected chi connectivity index (χ4v) is 4.98. The third-order valence-corrected chi connectivity index (χ3v) is 6.60. The van der Waals surface area contributed by atoms with Gasteiger partial charge in [0.2, 0.25) is 0 Å². The molecule has 3 aromatic rings. The Morgan fingerprint density at radius 1 is 0.931 bits per heavy atom. The van der Waals surface area contributed by atoms with Crippen molar-refractivity contribution in [1.82, 2.24) is 25.1 Å². The minimum absolute atomic E-state index is 0.0842. The highest BCUT2D eigenvalue weighted by Crippen LogP contribution is 2.35. The van der Waals surface area contributed by atoms with Gasteiger partial charge in [-0.2, -0.15) is 0 Å². The molecule has 1 unspecified atom stereocenters. The molecule has 2 aromatic carbocycles. The molecular formula is C24H29N5.